The van der Waals surface area contributed by atoms with E-state index in [2.05, 4.69) is 32.2 Å². The van der Waals surface area contributed by atoms with Gasteiger partial charge in [0.05, 0.1) is 17.7 Å². The molecule has 6 nitrogen and oxygen atoms in total. The fraction of sp³-hybridized carbons (Fsp3) is 0.0526. The molecule has 3 rings (SSSR count). The number of nitrogens with one attached hydrogen (secondary N) is 3. The molecule has 2 aromatic heterocycles. The zero-order chi connectivity index (χ0) is 17.8. The first-order valence-electron chi connectivity index (χ1n) is 7.60. The number of hydrogen-bond donors (Lipinski definition) is 3. The fourth-order valence-corrected chi connectivity index (χ4v) is 2.35. The SMILES string of the molecule is C=C=C(C)c1nc[nH]c1/C=c1\[nH]c(=O)/c(=C/c2ccccc2)[nH]c1=O. The Morgan fingerprint density at radius 3 is 2.36 bits per heavy atom. The largest absolute Gasteiger partial charge is 0.345 e. The van der Waals surface area contributed by atoms with Crippen LogP contribution in [0, 0.1) is 0 Å². The molecule has 0 atom stereocenters. The van der Waals surface area contributed by atoms with Gasteiger partial charge in [-0.15, -0.1) is 5.73 Å². The van der Waals surface area contributed by atoms with Crippen LogP contribution in [0.25, 0.3) is 17.7 Å². The van der Waals surface area contributed by atoms with Gasteiger partial charge < -0.3 is 15.0 Å². The van der Waals surface area contributed by atoms with Crippen molar-refractivity contribution >= 4 is 17.7 Å². The van der Waals surface area contributed by atoms with Crippen molar-refractivity contribution in [3.05, 3.63) is 97.3 Å². The third-order valence-corrected chi connectivity index (χ3v) is 3.67. The second-order valence-electron chi connectivity index (χ2n) is 5.40. The quantitative estimate of drug-likeness (QED) is 0.614. The summed E-state index contributed by atoms with van der Waals surface area (Å²) in [6.45, 7) is 5.40. The van der Waals surface area contributed by atoms with E-state index in [0.29, 0.717) is 11.4 Å². The molecule has 0 bridgehead atoms. The molecule has 3 aromatic rings. The molecule has 0 saturated heterocycles. The van der Waals surface area contributed by atoms with Gasteiger partial charge in [0.15, 0.2) is 0 Å². The molecule has 0 fully saturated rings. The van der Waals surface area contributed by atoms with E-state index in [-0.39, 0.29) is 16.3 Å². The molecule has 0 aliphatic carbocycles. The van der Waals surface area contributed by atoms with Gasteiger partial charge >= 0.3 is 0 Å². The number of benzene rings is 1. The minimum atomic E-state index is -0.400. The summed E-state index contributed by atoms with van der Waals surface area (Å²) in [5, 5.41) is 0.331. The first kappa shape index (κ1) is 16.2. The molecular formula is C19H16N4O2. The van der Waals surface area contributed by atoms with Crippen LogP contribution >= 0.6 is 0 Å². The number of aromatic nitrogens is 4. The van der Waals surface area contributed by atoms with Crippen molar-refractivity contribution in [1.29, 1.82) is 0 Å². The molecular weight excluding hydrogens is 316 g/mol. The highest BCUT2D eigenvalue weighted by Crippen LogP contribution is 2.13. The summed E-state index contributed by atoms with van der Waals surface area (Å²) in [4.78, 5) is 36.9. The maximum atomic E-state index is 12.3. The van der Waals surface area contributed by atoms with Gasteiger partial charge in [-0.25, -0.2) is 4.98 Å². The predicted octanol–water partition coefficient (Wildman–Crippen LogP) is 0.632. The van der Waals surface area contributed by atoms with Crippen molar-refractivity contribution in [1.82, 2.24) is 19.9 Å². The Kier molecular flexibility index (Phi) is 4.46. The summed E-state index contributed by atoms with van der Waals surface area (Å²) in [5.41, 5.74) is 4.75. The van der Waals surface area contributed by atoms with Crippen LogP contribution in [0.5, 0.6) is 0 Å². The molecule has 2 heterocycles. The lowest BCUT2D eigenvalue weighted by molar-refractivity contribution is 1.00. The van der Waals surface area contributed by atoms with Crippen molar-refractivity contribution < 1.29 is 0 Å². The lowest BCUT2D eigenvalue weighted by atomic mass is 10.2. The zero-order valence-corrected chi connectivity index (χ0v) is 13.6. The highest BCUT2D eigenvalue weighted by molar-refractivity contribution is 5.67. The monoisotopic (exact) mass is 332 g/mol. The number of imidazole rings is 1. The Balaban J connectivity index is 2.16. The third-order valence-electron chi connectivity index (χ3n) is 3.67. The molecule has 124 valence electrons. The second-order valence-corrected chi connectivity index (χ2v) is 5.40. The lowest BCUT2D eigenvalue weighted by Gasteiger charge is -1.96. The highest BCUT2D eigenvalue weighted by Gasteiger charge is 2.05. The number of nitrogens with zero attached hydrogens (tertiary/aromatic N) is 1. The molecule has 3 N–H and O–H groups in total. The molecule has 0 saturated carbocycles. The van der Waals surface area contributed by atoms with Crippen LogP contribution in [0.3, 0.4) is 0 Å². The average molecular weight is 332 g/mol. The maximum absolute atomic E-state index is 12.3. The number of aromatic amines is 3. The molecule has 0 aliphatic rings. The minimum absolute atomic E-state index is 0.137. The molecule has 0 spiro atoms. The highest BCUT2D eigenvalue weighted by atomic mass is 16.1. The van der Waals surface area contributed by atoms with Gasteiger partial charge in [-0.3, -0.25) is 9.59 Å². The van der Waals surface area contributed by atoms with Gasteiger partial charge in [-0.05, 0) is 24.6 Å². The van der Waals surface area contributed by atoms with Crippen LogP contribution in [0.1, 0.15) is 23.9 Å². The Morgan fingerprint density at radius 1 is 1.08 bits per heavy atom. The van der Waals surface area contributed by atoms with E-state index >= 15 is 0 Å². The predicted molar refractivity (Wildman–Crippen MR) is 97.3 cm³/mol. The van der Waals surface area contributed by atoms with E-state index in [4.69, 9.17) is 0 Å². The van der Waals surface area contributed by atoms with Crippen molar-refractivity contribution in [2.24, 2.45) is 0 Å². The van der Waals surface area contributed by atoms with E-state index in [9.17, 15) is 9.59 Å². The van der Waals surface area contributed by atoms with Gasteiger partial charge in [0, 0.05) is 5.57 Å². The van der Waals surface area contributed by atoms with E-state index in [1.165, 1.54) is 12.4 Å². The summed E-state index contributed by atoms with van der Waals surface area (Å²) in [5.74, 6) is 0. The summed E-state index contributed by atoms with van der Waals surface area (Å²) in [6.07, 6.45) is 4.66. The Labute approximate surface area is 142 Å². The van der Waals surface area contributed by atoms with Gasteiger partial charge in [0.2, 0.25) is 0 Å². The van der Waals surface area contributed by atoms with E-state index in [1.54, 1.807) is 6.08 Å². The zero-order valence-electron chi connectivity index (χ0n) is 13.6. The Hall–Kier alpha value is -3.63. The van der Waals surface area contributed by atoms with Crippen LogP contribution in [0.15, 0.2) is 58.6 Å². The van der Waals surface area contributed by atoms with E-state index in [0.717, 1.165) is 11.1 Å². The van der Waals surface area contributed by atoms with Gasteiger partial charge in [-0.2, -0.15) is 0 Å². The third kappa shape index (κ3) is 3.49. The minimum Gasteiger partial charge on any atom is -0.345 e. The first-order valence-corrected chi connectivity index (χ1v) is 7.60. The van der Waals surface area contributed by atoms with Gasteiger partial charge in [-0.1, -0.05) is 36.9 Å². The number of rotatable bonds is 3. The van der Waals surface area contributed by atoms with E-state index in [1.807, 2.05) is 37.3 Å². The van der Waals surface area contributed by atoms with Crippen molar-refractivity contribution in [2.45, 2.75) is 6.92 Å². The van der Waals surface area contributed by atoms with Gasteiger partial charge in [0.1, 0.15) is 10.7 Å². The van der Waals surface area contributed by atoms with Crippen molar-refractivity contribution in [2.75, 3.05) is 0 Å². The molecule has 1 aromatic carbocycles. The van der Waals surface area contributed by atoms with E-state index < -0.39 is 5.56 Å². The second kappa shape index (κ2) is 6.86. The number of allylic oxidation sites excluding steroid dienone is 1. The summed E-state index contributed by atoms with van der Waals surface area (Å²) >= 11 is 0. The lowest BCUT2D eigenvalue weighted by Crippen LogP contribution is -2.46. The molecule has 0 radical (unpaired) electrons. The van der Waals surface area contributed by atoms with Crippen LogP contribution < -0.4 is 21.8 Å². The number of H-pyrrole nitrogens is 3. The van der Waals surface area contributed by atoms with Gasteiger partial charge in [0.25, 0.3) is 11.1 Å². The van der Waals surface area contributed by atoms with Crippen molar-refractivity contribution in [3.63, 3.8) is 0 Å². The molecule has 0 aliphatic heterocycles. The Bertz CT molecular complexity index is 1190. The standard InChI is InChI=1S/C19H16N4O2/c1-3-12(2)17-14(20-11-21-17)10-16-19(25)22-15(18(24)23-16)9-13-7-5-4-6-8-13/h4-11H,1H2,2H3,(H,20,21)(H,22,25)(H,23,24)/b15-9-,16-10-. The Morgan fingerprint density at radius 2 is 1.72 bits per heavy atom. The average Bonchev–Trinajstić information content (AvgIpc) is 3.07. The fourth-order valence-electron chi connectivity index (χ4n) is 2.35. The summed E-state index contributed by atoms with van der Waals surface area (Å²) < 4.78 is 0. The summed E-state index contributed by atoms with van der Waals surface area (Å²) in [6, 6.07) is 9.28. The van der Waals surface area contributed by atoms with Crippen molar-refractivity contribution in [3.8, 4) is 0 Å². The molecule has 6 heteroatoms. The van der Waals surface area contributed by atoms with Crippen LogP contribution in [0.4, 0.5) is 0 Å². The van der Waals surface area contributed by atoms with Crippen LogP contribution in [-0.2, 0) is 0 Å². The molecule has 0 amide bonds. The smallest absolute Gasteiger partial charge is 0.272 e. The topological polar surface area (TPSA) is 94.4 Å². The maximum Gasteiger partial charge on any atom is 0.272 e. The normalized spacial score (nSPS) is 12.2. The molecule has 0 unspecified atom stereocenters. The first-order chi connectivity index (χ1) is 12.1. The van der Waals surface area contributed by atoms with Crippen LogP contribution in [-0.4, -0.2) is 19.9 Å². The van der Waals surface area contributed by atoms with Crippen LogP contribution in [0.2, 0.25) is 0 Å². The number of hydrogen-bond acceptors (Lipinski definition) is 3. The molecule has 25 heavy (non-hydrogen) atoms. The summed E-state index contributed by atoms with van der Waals surface area (Å²) in [7, 11) is 0.